The Morgan fingerprint density at radius 1 is 1.29 bits per heavy atom. The normalized spacial score (nSPS) is 21.2. The minimum atomic E-state index is 0.101. The van der Waals surface area contributed by atoms with Crippen LogP contribution in [-0.4, -0.2) is 36.4 Å². The van der Waals surface area contributed by atoms with Crippen LogP contribution in [0.15, 0.2) is 35.7 Å². The number of fused-ring (bicyclic) bond motifs is 1. The van der Waals surface area contributed by atoms with Crippen molar-refractivity contribution in [1.82, 2.24) is 24.6 Å². The second-order valence-corrected chi connectivity index (χ2v) is 7.32. The van der Waals surface area contributed by atoms with Crippen LogP contribution in [0.3, 0.4) is 0 Å². The summed E-state index contributed by atoms with van der Waals surface area (Å²) in [4.78, 5) is 13.2. The van der Waals surface area contributed by atoms with Crippen LogP contribution in [0.25, 0.3) is 5.78 Å². The van der Waals surface area contributed by atoms with E-state index in [0.29, 0.717) is 11.0 Å². The number of hydrogen-bond donors (Lipinski definition) is 0. The fourth-order valence-electron chi connectivity index (χ4n) is 3.02. The number of thioether (sulfide) groups is 1. The lowest BCUT2D eigenvalue weighted by Gasteiger charge is -2.28. The van der Waals surface area contributed by atoms with Crippen molar-refractivity contribution in [2.24, 2.45) is 0 Å². The topological polar surface area (TPSA) is 65.2 Å². The highest BCUT2D eigenvalue weighted by atomic mass is 32.2. The quantitative estimate of drug-likeness (QED) is 0.729. The van der Waals surface area contributed by atoms with E-state index in [-0.39, 0.29) is 6.10 Å². The highest BCUT2D eigenvalue weighted by Crippen LogP contribution is 2.36. The molecule has 2 atom stereocenters. The van der Waals surface area contributed by atoms with E-state index in [4.69, 9.17) is 4.74 Å². The Bertz CT molecular complexity index is 851. The van der Waals surface area contributed by atoms with Crippen molar-refractivity contribution in [1.29, 1.82) is 0 Å². The lowest BCUT2D eigenvalue weighted by atomic mass is 10.0. The van der Waals surface area contributed by atoms with Crippen LogP contribution in [0.1, 0.15) is 35.9 Å². The van der Waals surface area contributed by atoms with E-state index < -0.39 is 0 Å². The van der Waals surface area contributed by atoms with E-state index in [1.54, 1.807) is 18.0 Å². The van der Waals surface area contributed by atoms with Crippen LogP contribution >= 0.6 is 11.8 Å². The minimum Gasteiger partial charge on any atom is -0.373 e. The Balaban J connectivity index is 1.52. The van der Waals surface area contributed by atoms with E-state index in [9.17, 15) is 0 Å². The van der Waals surface area contributed by atoms with E-state index in [0.717, 1.165) is 41.6 Å². The molecule has 2 unspecified atom stereocenters. The first kappa shape index (κ1) is 15.5. The molecule has 124 valence electrons. The largest absolute Gasteiger partial charge is 0.373 e. The van der Waals surface area contributed by atoms with Gasteiger partial charge in [0.15, 0.2) is 0 Å². The molecule has 0 spiro atoms. The molecular weight excluding hydrogens is 322 g/mol. The summed E-state index contributed by atoms with van der Waals surface area (Å²) < 4.78 is 7.73. The highest BCUT2D eigenvalue weighted by Gasteiger charge is 2.26. The van der Waals surface area contributed by atoms with Crippen molar-refractivity contribution in [2.45, 2.75) is 43.2 Å². The maximum Gasteiger partial charge on any atom is 0.253 e. The van der Waals surface area contributed by atoms with E-state index in [2.05, 4.69) is 26.1 Å². The number of nitrogens with zero attached hydrogens (tertiary/aromatic N) is 5. The third-order valence-electron chi connectivity index (χ3n) is 4.16. The zero-order valence-corrected chi connectivity index (χ0v) is 14.5. The van der Waals surface area contributed by atoms with Crippen LogP contribution < -0.4 is 0 Å². The molecule has 0 amide bonds. The molecule has 0 radical (unpaired) electrons. The molecule has 0 bridgehead atoms. The number of ether oxygens (including phenoxy) is 1. The summed E-state index contributed by atoms with van der Waals surface area (Å²) in [6, 6.07) is 6.04. The third-order valence-corrected chi connectivity index (χ3v) is 5.31. The first-order valence-electron chi connectivity index (χ1n) is 8.08. The van der Waals surface area contributed by atoms with Gasteiger partial charge in [-0.05, 0) is 44.4 Å². The van der Waals surface area contributed by atoms with Gasteiger partial charge in [-0.3, -0.25) is 4.98 Å². The number of pyridine rings is 1. The standard InChI is InChI=1S/C17H19N5OS/c1-11-8-12(2)22-16(19-11)20-17(21-22)24-14-5-7-23-15(9-14)13-4-3-6-18-10-13/h3-4,6,8,10,14-15H,5,7,9H2,1-2H3. The minimum absolute atomic E-state index is 0.101. The average Bonchev–Trinajstić information content (AvgIpc) is 2.98. The molecule has 3 aromatic heterocycles. The second-order valence-electron chi connectivity index (χ2n) is 6.06. The van der Waals surface area contributed by atoms with E-state index >= 15 is 0 Å². The van der Waals surface area contributed by atoms with Gasteiger partial charge in [-0.2, -0.15) is 4.98 Å². The fraction of sp³-hybridized carbons (Fsp3) is 0.412. The Kier molecular flexibility index (Phi) is 4.20. The molecule has 24 heavy (non-hydrogen) atoms. The molecule has 1 saturated heterocycles. The van der Waals surface area contributed by atoms with Crippen molar-refractivity contribution >= 4 is 17.5 Å². The summed E-state index contributed by atoms with van der Waals surface area (Å²) in [5.41, 5.74) is 3.16. The molecule has 3 aromatic rings. The van der Waals surface area contributed by atoms with Gasteiger partial charge >= 0.3 is 0 Å². The number of rotatable bonds is 3. The van der Waals surface area contributed by atoms with Crippen molar-refractivity contribution in [2.75, 3.05) is 6.61 Å². The molecule has 0 aromatic carbocycles. The van der Waals surface area contributed by atoms with E-state index in [1.807, 2.05) is 36.7 Å². The Morgan fingerprint density at radius 2 is 2.21 bits per heavy atom. The third kappa shape index (κ3) is 3.14. The van der Waals surface area contributed by atoms with Gasteiger partial charge in [0.05, 0.1) is 6.10 Å². The monoisotopic (exact) mass is 341 g/mol. The van der Waals surface area contributed by atoms with Crippen LogP contribution in [0.2, 0.25) is 0 Å². The molecule has 1 aliphatic rings. The zero-order valence-electron chi connectivity index (χ0n) is 13.7. The fourth-order valence-corrected chi connectivity index (χ4v) is 4.07. The van der Waals surface area contributed by atoms with Gasteiger partial charge in [-0.1, -0.05) is 17.8 Å². The summed E-state index contributed by atoms with van der Waals surface area (Å²) >= 11 is 1.72. The van der Waals surface area contributed by atoms with Crippen molar-refractivity contribution < 1.29 is 4.74 Å². The number of aryl methyl sites for hydroxylation is 2. The predicted molar refractivity (Wildman–Crippen MR) is 92.1 cm³/mol. The molecular formula is C17H19N5OS. The SMILES string of the molecule is Cc1cc(C)n2nc(SC3CCOC(c4cccnc4)C3)nc2n1. The Labute approximate surface area is 144 Å². The highest BCUT2D eigenvalue weighted by molar-refractivity contribution is 7.99. The van der Waals surface area contributed by atoms with Gasteiger partial charge in [-0.15, -0.1) is 5.10 Å². The molecule has 4 heterocycles. The lowest BCUT2D eigenvalue weighted by molar-refractivity contribution is 0.0176. The van der Waals surface area contributed by atoms with Gasteiger partial charge in [-0.25, -0.2) is 9.50 Å². The maximum atomic E-state index is 5.91. The molecule has 0 N–H and O–H groups in total. The summed E-state index contributed by atoms with van der Waals surface area (Å²) in [6.45, 7) is 4.75. The van der Waals surface area contributed by atoms with Crippen molar-refractivity contribution in [3.8, 4) is 0 Å². The first-order valence-corrected chi connectivity index (χ1v) is 8.96. The number of aromatic nitrogens is 5. The molecule has 0 aliphatic carbocycles. The van der Waals surface area contributed by atoms with Crippen molar-refractivity contribution in [3.63, 3.8) is 0 Å². The average molecular weight is 341 g/mol. The van der Waals surface area contributed by atoms with Gasteiger partial charge in [0.1, 0.15) is 0 Å². The van der Waals surface area contributed by atoms with E-state index in [1.165, 1.54) is 0 Å². The molecule has 1 aliphatic heterocycles. The molecule has 6 nitrogen and oxygen atoms in total. The molecule has 4 rings (SSSR count). The first-order chi connectivity index (χ1) is 11.7. The lowest BCUT2D eigenvalue weighted by Crippen LogP contribution is -2.21. The Hall–Kier alpha value is -1.99. The van der Waals surface area contributed by atoms with Gasteiger partial charge in [0.2, 0.25) is 5.16 Å². The predicted octanol–water partition coefficient (Wildman–Crippen LogP) is 3.15. The molecule has 1 fully saturated rings. The van der Waals surface area contributed by atoms with Crippen LogP contribution in [0, 0.1) is 13.8 Å². The summed E-state index contributed by atoms with van der Waals surface area (Å²) in [7, 11) is 0. The number of hydrogen-bond acceptors (Lipinski definition) is 6. The van der Waals surface area contributed by atoms with Crippen LogP contribution in [0.4, 0.5) is 0 Å². The van der Waals surface area contributed by atoms with Crippen LogP contribution in [0.5, 0.6) is 0 Å². The maximum absolute atomic E-state index is 5.91. The second kappa shape index (κ2) is 6.49. The molecule has 0 saturated carbocycles. The van der Waals surface area contributed by atoms with Gasteiger partial charge in [0, 0.05) is 35.6 Å². The van der Waals surface area contributed by atoms with Gasteiger partial charge in [0.25, 0.3) is 5.78 Å². The summed E-state index contributed by atoms with van der Waals surface area (Å²) in [5, 5.41) is 5.82. The summed E-state index contributed by atoms with van der Waals surface area (Å²) in [6.07, 6.45) is 5.72. The van der Waals surface area contributed by atoms with Crippen molar-refractivity contribution in [3.05, 3.63) is 47.5 Å². The zero-order chi connectivity index (χ0) is 16.5. The summed E-state index contributed by atoms with van der Waals surface area (Å²) in [5.74, 6) is 0.672. The van der Waals surface area contributed by atoms with Gasteiger partial charge < -0.3 is 4.74 Å². The van der Waals surface area contributed by atoms with Crippen LogP contribution in [-0.2, 0) is 4.74 Å². The smallest absolute Gasteiger partial charge is 0.253 e. The molecule has 7 heteroatoms. The Morgan fingerprint density at radius 3 is 3.04 bits per heavy atom.